The van der Waals surface area contributed by atoms with Crippen molar-refractivity contribution in [1.29, 1.82) is 0 Å². The number of nitrogens with two attached hydrogens (primary N) is 1. The minimum atomic E-state index is -1.29. The molecule has 0 saturated heterocycles. The Labute approximate surface area is 120 Å². The zero-order valence-corrected chi connectivity index (χ0v) is 11.3. The molecular weight excluding hydrogens is 283 g/mol. The number of hydrogen-bond donors (Lipinski definition) is 2. The molecular formula is C13H15FN2O5. The van der Waals surface area contributed by atoms with Crippen LogP contribution in [0.4, 0.5) is 4.39 Å². The van der Waals surface area contributed by atoms with E-state index in [9.17, 15) is 18.8 Å². The number of carboxylic acids is 1. The second-order valence-electron chi connectivity index (χ2n) is 4.27. The lowest BCUT2D eigenvalue weighted by atomic mass is 10.3. The summed E-state index contributed by atoms with van der Waals surface area (Å²) < 4.78 is 18.2. The highest BCUT2D eigenvalue weighted by Gasteiger charge is 2.25. The van der Waals surface area contributed by atoms with Crippen LogP contribution in [0.2, 0.25) is 0 Å². The quantitative estimate of drug-likeness (QED) is 0.735. The summed E-state index contributed by atoms with van der Waals surface area (Å²) in [5, 5.41) is 8.72. The first-order chi connectivity index (χ1) is 9.79. The number of carboxylic acid groups (broad SMARTS) is 1. The molecule has 0 bridgehead atoms. The number of halogens is 1. The van der Waals surface area contributed by atoms with E-state index >= 15 is 0 Å². The largest absolute Gasteiger partial charge is 0.481 e. The molecule has 0 saturated carbocycles. The van der Waals surface area contributed by atoms with E-state index in [4.69, 9.17) is 15.6 Å². The van der Waals surface area contributed by atoms with Crippen LogP contribution in [0.5, 0.6) is 5.75 Å². The predicted molar refractivity (Wildman–Crippen MR) is 69.9 cm³/mol. The number of nitrogens with zero attached hydrogens (tertiary/aromatic N) is 1. The van der Waals surface area contributed by atoms with E-state index in [1.807, 2.05) is 0 Å². The summed E-state index contributed by atoms with van der Waals surface area (Å²) in [4.78, 5) is 34.3. The molecule has 3 N–H and O–H groups in total. The highest BCUT2D eigenvalue weighted by atomic mass is 19.1. The number of ether oxygens (including phenoxy) is 1. The first kappa shape index (κ1) is 16.4. The van der Waals surface area contributed by atoms with Gasteiger partial charge < -0.3 is 20.5 Å². The van der Waals surface area contributed by atoms with Gasteiger partial charge in [0.2, 0.25) is 5.91 Å². The molecule has 1 aromatic carbocycles. The van der Waals surface area contributed by atoms with Gasteiger partial charge in [0.25, 0.3) is 5.91 Å². The van der Waals surface area contributed by atoms with Crippen LogP contribution in [-0.4, -0.2) is 47.0 Å². The third kappa shape index (κ3) is 5.47. The van der Waals surface area contributed by atoms with Gasteiger partial charge in [-0.05, 0) is 19.1 Å². The molecule has 1 unspecified atom stereocenters. The second kappa shape index (κ2) is 7.22. The van der Waals surface area contributed by atoms with Crippen LogP contribution in [0, 0.1) is 5.82 Å². The molecule has 0 aliphatic rings. The lowest BCUT2D eigenvalue weighted by molar-refractivity contribution is -0.148. The Hall–Kier alpha value is -2.64. The topological polar surface area (TPSA) is 110 Å². The molecule has 21 heavy (non-hydrogen) atoms. The van der Waals surface area contributed by atoms with E-state index < -0.39 is 42.8 Å². The normalized spacial score (nSPS) is 11.5. The monoisotopic (exact) mass is 298 g/mol. The second-order valence-corrected chi connectivity index (χ2v) is 4.27. The molecule has 1 aromatic rings. The summed E-state index contributed by atoms with van der Waals surface area (Å²) >= 11 is 0. The summed E-state index contributed by atoms with van der Waals surface area (Å²) in [6.45, 7) is 0.143. The van der Waals surface area contributed by atoms with Gasteiger partial charge in [0.1, 0.15) is 24.7 Å². The molecule has 2 amide bonds. The Morgan fingerprint density at radius 3 is 2.57 bits per heavy atom. The average molecular weight is 298 g/mol. The van der Waals surface area contributed by atoms with Crippen LogP contribution in [0.25, 0.3) is 0 Å². The maximum atomic E-state index is 13.0. The molecule has 0 spiro atoms. The Bertz CT molecular complexity index is 533. The van der Waals surface area contributed by atoms with Crippen molar-refractivity contribution in [1.82, 2.24) is 4.90 Å². The van der Waals surface area contributed by atoms with E-state index in [-0.39, 0.29) is 5.75 Å². The van der Waals surface area contributed by atoms with Crippen LogP contribution in [-0.2, 0) is 14.4 Å². The van der Waals surface area contributed by atoms with Gasteiger partial charge in [0, 0.05) is 6.07 Å². The summed E-state index contributed by atoms with van der Waals surface area (Å²) in [7, 11) is 0. The predicted octanol–water partition coefficient (Wildman–Crippen LogP) is -0.00850. The van der Waals surface area contributed by atoms with Crippen molar-refractivity contribution < 1.29 is 28.6 Å². The maximum Gasteiger partial charge on any atom is 0.323 e. The van der Waals surface area contributed by atoms with Gasteiger partial charge in [-0.3, -0.25) is 14.4 Å². The van der Waals surface area contributed by atoms with Crippen LogP contribution in [0.3, 0.4) is 0 Å². The summed E-state index contributed by atoms with van der Waals surface area (Å²) in [6, 6.07) is 5.14. The van der Waals surface area contributed by atoms with E-state index in [1.54, 1.807) is 0 Å². The smallest absolute Gasteiger partial charge is 0.323 e. The standard InChI is InChI=1S/C13H15FN2O5/c1-8(21-10-4-2-3-9(14)5-10)13(20)16(6-11(15)17)7-12(18)19/h2-5,8H,6-7H2,1H3,(H2,15,17)(H,18,19). The minimum Gasteiger partial charge on any atom is -0.481 e. The first-order valence-electron chi connectivity index (χ1n) is 6.00. The van der Waals surface area contributed by atoms with Crippen LogP contribution in [0.15, 0.2) is 24.3 Å². The number of amides is 2. The number of carbonyl (C=O) groups excluding carboxylic acids is 2. The third-order valence-electron chi connectivity index (χ3n) is 2.44. The molecule has 1 atom stereocenters. The fourth-order valence-corrected chi connectivity index (χ4v) is 1.62. The third-order valence-corrected chi connectivity index (χ3v) is 2.44. The Balaban J connectivity index is 2.77. The van der Waals surface area contributed by atoms with Gasteiger partial charge >= 0.3 is 5.97 Å². The average Bonchev–Trinajstić information content (AvgIpc) is 2.35. The van der Waals surface area contributed by atoms with Crippen LogP contribution < -0.4 is 10.5 Å². The Morgan fingerprint density at radius 2 is 2.05 bits per heavy atom. The molecule has 1 rings (SSSR count). The zero-order valence-electron chi connectivity index (χ0n) is 11.3. The van der Waals surface area contributed by atoms with Crippen molar-refractivity contribution in [2.24, 2.45) is 5.73 Å². The molecule has 8 heteroatoms. The maximum absolute atomic E-state index is 13.0. The number of primary amides is 1. The number of benzene rings is 1. The lowest BCUT2D eigenvalue weighted by Gasteiger charge is -2.23. The molecule has 114 valence electrons. The molecule has 0 fully saturated rings. The molecule has 0 heterocycles. The molecule has 0 aliphatic heterocycles. The SMILES string of the molecule is CC(Oc1cccc(F)c1)C(=O)N(CC(N)=O)CC(=O)O. The van der Waals surface area contributed by atoms with E-state index in [2.05, 4.69) is 0 Å². The fourth-order valence-electron chi connectivity index (χ4n) is 1.62. The van der Waals surface area contributed by atoms with E-state index in [1.165, 1.54) is 25.1 Å². The zero-order chi connectivity index (χ0) is 16.0. The molecule has 7 nitrogen and oxygen atoms in total. The van der Waals surface area contributed by atoms with Gasteiger partial charge in [0.05, 0.1) is 0 Å². The summed E-state index contributed by atoms with van der Waals surface area (Å²) in [5.74, 6) is -3.29. The summed E-state index contributed by atoms with van der Waals surface area (Å²) in [6.07, 6.45) is -1.09. The van der Waals surface area contributed by atoms with Gasteiger partial charge in [-0.2, -0.15) is 0 Å². The Kier molecular flexibility index (Phi) is 5.65. The van der Waals surface area contributed by atoms with Crippen molar-refractivity contribution in [3.8, 4) is 5.75 Å². The van der Waals surface area contributed by atoms with Crippen molar-refractivity contribution in [3.63, 3.8) is 0 Å². The number of aliphatic carboxylic acids is 1. The van der Waals surface area contributed by atoms with Crippen LogP contribution >= 0.6 is 0 Å². The highest BCUT2D eigenvalue weighted by molar-refractivity contribution is 5.89. The highest BCUT2D eigenvalue weighted by Crippen LogP contribution is 2.14. The minimum absolute atomic E-state index is 0.116. The van der Waals surface area contributed by atoms with Crippen molar-refractivity contribution in [2.45, 2.75) is 13.0 Å². The van der Waals surface area contributed by atoms with E-state index in [0.717, 1.165) is 11.0 Å². The molecule has 0 radical (unpaired) electrons. The van der Waals surface area contributed by atoms with Crippen molar-refractivity contribution in [3.05, 3.63) is 30.1 Å². The van der Waals surface area contributed by atoms with Gasteiger partial charge in [-0.15, -0.1) is 0 Å². The first-order valence-corrected chi connectivity index (χ1v) is 6.00. The number of carbonyl (C=O) groups is 3. The molecule has 0 aliphatic carbocycles. The number of rotatable bonds is 7. The fraction of sp³-hybridized carbons (Fsp3) is 0.308. The van der Waals surface area contributed by atoms with E-state index in [0.29, 0.717) is 0 Å². The molecule has 0 aromatic heterocycles. The van der Waals surface area contributed by atoms with Gasteiger partial charge in [-0.25, -0.2) is 4.39 Å². The van der Waals surface area contributed by atoms with Crippen molar-refractivity contribution in [2.75, 3.05) is 13.1 Å². The summed E-state index contributed by atoms with van der Waals surface area (Å²) in [5.41, 5.74) is 4.96. The van der Waals surface area contributed by atoms with Crippen LogP contribution in [0.1, 0.15) is 6.92 Å². The Morgan fingerprint density at radius 1 is 1.38 bits per heavy atom. The van der Waals surface area contributed by atoms with Gasteiger partial charge in [0.15, 0.2) is 6.10 Å². The number of hydrogen-bond acceptors (Lipinski definition) is 4. The van der Waals surface area contributed by atoms with Gasteiger partial charge in [-0.1, -0.05) is 6.07 Å². The van der Waals surface area contributed by atoms with Crippen molar-refractivity contribution >= 4 is 17.8 Å². The lowest BCUT2D eigenvalue weighted by Crippen LogP contribution is -2.46.